The molecule has 202 valence electrons. The minimum absolute atomic E-state index is 0.171. The SMILES string of the molecule is CCC1OC(=O)N(Cc2cccc(NC(=O)c3ccncc3)c2)N=C1c1ccc(OC)c(OC2CCCC2)c1. The second-order valence-electron chi connectivity index (χ2n) is 9.60. The van der Waals surface area contributed by atoms with Crippen LogP contribution in [0, 0.1) is 0 Å². The maximum absolute atomic E-state index is 12.9. The van der Waals surface area contributed by atoms with Gasteiger partial charge in [-0.15, -0.1) is 0 Å². The maximum atomic E-state index is 12.9. The predicted octanol–water partition coefficient (Wildman–Crippen LogP) is 5.80. The lowest BCUT2D eigenvalue weighted by Crippen LogP contribution is -2.41. The fraction of sp³-hybridized carbons (Fsp3) is 0.333. The van der Waals surface area contributed by atoms with Crippen molar-refractivity contribution in [2.45, 2.75) is 57.8 Å². The molecule has 2 amide bonds. The van der Waals surface area contributed by atoms with Crippen LogP contribution >= 0.6 is 0 Å². The molecule has 2 aromatic carbocycles. The molecule has 1 aliphatic carbocycles. The van der Waals surface area contributed by atoms with Crippen LogP contribution in [0.25, 0.3) is 0 Å². The van der Waals surface area contributed by atoms with Crippen molar-refractivity contribution in [2.75, 3.05) is 12.4 Å². The highest BCUT2D eigenvalue weighted by molar-refractivity contribution is 6.06. The second kappa shape index (κ2) is 12.0. The first-order valence-electron chi connectivity index (χ1n) is 13.3. The van der Waals surface area contributed by atoms with Crippen LogP contribution in [-0.2, 0) is 11.3 Å². The summed E-state index contributed by atoms with van der Waals surface area (Å²) in [5, 5.41) is 8.93. The summed E-state index contributed by atoms with van der Waals surface area (Å²) in [6.07, 6.45) is 7.27. The van der Waals surface area contributed by atoms with Crippen molar-refractivity contribution in [1.82, 2.24) is 9.99 Å². The minimum atomic E-state index is -0.521. The lowest BCUT2D eigenvalue weighted by molar-refractivity contribution is 0.0712. The molecule has 9 heteroatoms. The molecule has 9 nitrogen and oxygen atoms in total. The lowest BCUT2D eigenvalue weighted by Gasteiger charge is -2.29. The van der Waals surface area contributed by atoms with Gasteiger partial charge in [0.05, 0.1) is 19.8 Å². The highest BCUT2D eigenvalue weighted by Crippen LogP contribution is 2.34. The molecule has 39 heavy (non-hydrogen) atoms. The third-order valence-corrected chi connectivity index (χ3v) is 6.87. The fourth-order valence-electron chi connectivity index (χ4n) is 4.83. The number of rotatable bonds is 9. The maximum Gasteiger partial charge on any atom is 0.431 e. The number of amides is 2. The Morgan fingerprint density at radius 1 is 1.08 bits per heavy atom. The molecule has 0 radical (unpaired) electrons. The molecule has 5 rings (SSSR count). The predicted molar refractivity (Wildman–Crippen MR) is 147 cm³/mol. The molecule has 2 heterocycles. The van der Waals surface area contributed by atoms with Crippen LogP contribution in [0.4, 0.5) is 10.5 Å². The summed E-state index contributed by atoms with van der Waals surface area (Å²) in [5.41, 5.74) is 3.37. The molecule has 1 unspecified atom stereocenters. The van der Waals surface area contributed by atoms with Crippen molar-refractivity contribution in [3.8, 4) is 11.5 Å². The van der Waals surface area contributed by atoms with E-state index in [1.165, 1.54) is 5.01 Å². The highest BCUT2D eigenvalue weighted by atomic mass is 16.6. The van der Waals surface area contributed by atoms with Crippen LogP contribution in [-0.4, -0.2) is 47.0 Å². The fourth-order valence-corrected chi connectivity index (χ4v) is 4.83. The monoisotopic (exact) mass is 528 g/mol. The topological polar surface area (TPSA) is 102 Å². The van der Waals surface area contributed by atoms with Gasteiger partial charge in [-0.05, 0) is 80.1 Å². The smallest absolute Gasteiger partial charge is 0.431 e. The number of aromatic nitrogens is 1. The van der Waals surface area contributed by atoms with Crippen molar-refractivity contribution in [1.29, 1.82) is 0 Å². The van der Waals surface area contributed by atoms with E-state index in [0.29, 0.717) is 34.9 Å². The summed E-state index contributed by atoms with van der Waals surface area (Å²) in [6, 6.07) is 16.3. The largest absolute Gasteiger partial charge is 0.493 e. The number of cyclic esters (lactones) is 1. The molecule has 1 aliphatic heterocycles. The Hall–Kier alpha value is -4.40. The number of ether oxygens (including phenoxy) is 3. The lowest BCUT2D eigenvalue weighted by atomic mass is 10.0. The third kappa shape index (κ3) is 6.19. The molecule has 1 atom stereocenters. The first-order valence-corrected chi connectivity index (χ1v) is 13.3. The van der Waals surface area contributed by atoms with Crippen molar-refractivity contribution in [3.63, 3.8) is 0 Å². The number of hydrogen-bond acceptors (Lipinski definition) is 7. The number of pyridine rings is 1. The van der Waals surface area contributed by atoms with E-state index in [9.17, 15) is 9.59 Å². The summed E-state index contributed by atoms with van der Waals surface area (Å²) in [7, 11) is 1.63. The van der Waals surface area contributed by atoms with Gasteiger partial charge in [0.2, 0.25) is 0 Å². The zero-order valence-electron chi connectivity index (χ0n) is 22.1. The molecule has 2 aliphatic rings. The van der Waals surface area contributed by atoms with E-state index in [1.807, 2.05) is 43.3 Å². The van der Waals surface area contributed by atoms with Crippen LogP contribution < -0.4 is 14.8 Å². The van der Waals surface area contributed by atoms with E-state index < -0.39 is 12.2 Å². The quantitative estimate of drug-likeness (QED) is 0.377. The molecule has 0 spiro atoms. The number of carbonyl (C=O) groups excluding carboxylic acids is 2. The Morgan fingerprint density at radius 3 is 2.62 bits per heavy atom. The molecule has 1 N–H and O–H groups in total. The third-order valence-electron chi connectivity index (χ3n) is 6.87. The summed E-state index contributed by atoms with van der Waals surface area (Å²) in [4.78, 5) is 29.4. The van der Waals surface area contributed by atoms with Crippen molar-refractivity contribution >= 4 is 23.4 Å². The number of nitrogens with zero attached hydrogens (tertiary/aromatic N) is 3. The van der Waals surface area contributed by atoms with Crippen LogP contribution in [0.5, 0.6) is 11.5 Å². The Morgan fingerprint density at radius 2 is 1.87 bits per heavy atom. The first-order chi connectivity index (χ1) is 19.0. The summed E-state index contributed by atoms with van der Waals surface area (Å²) in [6.45, 7) is 2.14. The zero-order chi connectivity index (χ0) is 27.2. The van der Waals surface area contributed by atoms with E-state index in [0.717, 1.165) is 36.8 Å². The average Bonchev–Trinajstić information content (AvgIpc) is 3.47. The van der Waals surface area contributed by atoms with E-state index in [2.05, 4.69) is 10.3 Å². The Labute approximate surface area is 227 Å². The van der Waals surface area contributed by atoms with Gasteiger partial charge in [0.15, 0.2) is 11.5 Å². The zero-order valence-corrected chi connectivity index (χ0v) is 22.1. The van der Waals surface area contributed by atoms with E-state index in [1.54, 1.807) is 37.7 Å². The number of hydrazone groups is 1. The van der Waals surface area contributed by atoms with Gasteiger partial charge >= 0.3 is 6.09 Å². The van der Waals surface area contributed by atoms with Gasteiger partial charge < -0.3 is 19.5 Å². The van der Waals surface area contributed by atoms with Crippen LogP contribution in [0.1, 0.15) is 60.5 Å². The number of benzene rings is 2. The molecule has 1 fully saturated rings. The van der Waals surface area contributed by atoms with Gasteiger partial charge in [0, 0.05) is 29.2 Å². The van der Waals surface area contributed by atoms with Gasteiger partial charge in [0.1, 0.15) is 11.8 Å². The van der Waals surface area contributed by atoms with Crippen LogP contribution in [0.3, 0.4) is 0 Å². The number of nitrogens with one attached hydrogen (secondary N) is 1. The number of hydrogen-bond donors (Lipinski definition) is 1. The van der Waals surface area contributed by atoms with E-state index in [4.69, 9.17) is 19.3 Å². The van der Waals surface area contributed by atoms with Crippen LogP contribution in [0.15, 0.2) is 72.1 Å². The first kappa shape index (κ1) is 26.2. The van der Waals surface area contributed by atoms with Gasteiger partial charge in [-0.25, -0.2) is 4.79 Å². The van der Waals surface area contributed by atoms with Gasteiger partial charge in [-0.3, -0.25) is 9.78 Å². The molecular formula is C30H32N4O5. The molecular weight excluding hydrogens is 496 g/mol. The van der Waals surface area contributed by atoms with E-state index in [-0.39, 0.29) is 18.6 Å². The minimum Gasteiger partial charge on any atom is -0.493 e. The molecule has 0 bridgehead atoms. The number of methoxy groups -OCH3 is 1. The molecule has 0 saturated heterocycles. The standard InChI is InChI=1S/C30H32N4O5/c1-3-25-28(22-11-12-26(37-2)27(18-22)38-24-9-4-5-10-24)33-34(30(36)39-25)19-20-7-6-8-23(17-20)32-29(35)21-13-15-31-16-14-21/h6-8,11-18,24-25H,3-5,9-10,19H2,1-2H3,(H,32,35). The average molecular weight is 529 g/mol. The van der Waals surface area contributed by atoms with Gasteiger partial charge in [-0.1, -0.05) is 19.1 Å². The van der Waals surface area contributed by atoms with Crippen molar-refractivity contribution < 1.29 is 23.8 Å². The summed E-state index contributed by atoms with van der Waals surface area (Å²) in [5.74, 6) is 1.09. The summed E-state index contributed by atoms with van der Waals surface area (Å²) >= 11 is 0. The number of anilines is 1. The van der Waals surface area contributed by atoms with Gasteiger partial charge in [0.25, 0.3) is 5.91 Å². The number of carbonyl (C=O) groups is 2. The highest BCUT2D eigenvalue weighted by Gasteiger charge is 2.31. The Balaban J connectivity index is 1.37. The van der Waals surface area contributed by atoms with E-state index >= 15 is 0 Å². The normalized spacial score (nSPS) is 17.4. The second-order valence-corrected chi connectivity index (χ2v) is 9.60. The van der Waals surface area contributed by atoms with Crippen molar-refractivity contribution in [2.24, 2.45) is 5.10 Å². The Kier molecular flexibility index (Phi) is 8.05. The van der Waals surface area contributed by atoms with Gasteiger partial charge in [-0.2, -0.15) is 10.1 Å². The van der Waals surface area contributed by atoms with Crippen LogP contribution in [0.2, 0.25) is 0 Å². The Bertz CT molecular complexity index is 1350. The molecule has 1 saturated carbocycles. The summed E-state index contributed by atoms with van der Waals surface area (Å²) < 4.78 is 17.6. The molecule has 3 aromatic rings. The van der Waals surface area contributed by atoms with Crippen molar-refractivity contribution in [3.05, 3.63) is 83.7 Å². The molecule has 1 aromatic heterocycles.